The smallest absolute Gasteiger partial charge is 0.264 e. The van der Waals surface area contributed by atoms with Crippen LogP contribution in [0.2, 0.25) is 5.02 Å². The van der Waals surface area contributed by atoms with Gasteiger partial charge in [0.2, 0.25) is 0 Å². The molecule has 1 atom stereocenters. The number of para-hydroxylation sites is 1. The highest BCUT2D eigenvalue weighted by molar-refractivity contribution is 7.20. The van der Waals surface area contributed by atoms with Crippen molar-refractivity contribution in [3.8, 4) is 11.4 Å². The number of likely N-dealkylation sites (tertiary alicyclic amines) is 1. The number of nitrogens with zero attached hydrogens (tertiary/aromatic N) is 3. The number of methoxy groups -OCH3 is 1. The number of thiophene rings is 1. The third kappa shape index (κ3) is 3.60. The molecule has 1 unspecified atom stereocenters. The van der Waals surface area contributed by atoms with Crippen LogP contribution in [0, 0.1) is 6.92 Å². The molecule has 4 aromatic rings. The van der Waals surface area contributed by atoms with Gasteiger partial charge >= 0.3 is 0 Å². The summed E-state index contributed by atoms with van der Waals surface area (Å²) in [5.74, 6) is 1.27. The van der Waals surface area contributed by atoms with Gasteiger partial charge in [0.1, 0.15) is 10.6 Å². The van der Waals surface area contributed by atoms with Crippen molar-refractivity contribution in [2.75, 3.05) is 20.2 Å². The van der Waals surface area contributed by atoms with Gasteiger partial charge < -0.3 is 9.64 Å². The van der Waals surface area contributed by atoms with Crippen molar-refractivity contribution < 1.29 is 9.53 Å². The van der Waals surface area contributed by atoms with E-state index in [1.54, 1.807) is 7.11 Å². The molecule has 158 valence electrons. The second-order valence-corrected chi connectivity index (χ2v) is 9.25. The van der Waals surface area contributed by atoms with Gasteiger partial charge in [0.25, 0.3) is 5.91 Å². The van der Waals surface area contributed by atoms with Crippen molar-refractivity contribution in [1.82, 2.24) is 14.7 Å². The number of benzene rings is 2. The molecule has 0 radical (unpaired) electrons. The Hall–Kier alpha value is -2.83. The molecule has 1 aliphatic rings. The van der Waals surface area contributed by atoms with E-state index in [2.05, 4.69) is 11.2 Å². The van der Waals surface area contributed by atoms with Crippen LogP contribution in [0.1, 0.15) is 33.3 Å². The minimum atomic E-state index is 0.0839. The molecule has 0 N–H and O–H groups in total. The molecule has 7 heteroatoms. The Morgan fingerprint density at radius 3 is 2.74 bits per heavy atom. The van der Waals surface area contributed by atoms with Gasteiger partial charge in [-0.15, -0.1) is 11.3 Å². The lowest BCUT2D eigenvalue weighted by atomic mass is 9.97. The number of hydrogen-bond donors (Lipinski definition) is 0. The number of fused-ring (bicyclic) bond motifs is 1. The first-order valence-electron chi connectivity index (χ1n) is 10.2. The first-order valence-corrected chi connectivity index (χ1v) is 11.4. The Balaban J connectivity index is 1.42. The van der Waals surface area contributed by atoms with Crippen molar-refractivity contribution in [3.63, 3.8) is 0 Å². The summed E-state index contributed by atoms with van der Waals surface area (Å²) in [5.41, 5.74) is 3.01. The van der Waals surface area contributed by atoms with E-state index in [4.69, 9.17) is 16.3 Å². The van der Waals surface area contributed by atoms with E-state index in [9.17, 15) is 4.79 Å². The Morgan fingerprint density at radius 1 is 1.19 bits per heavy atom. The van der Waals surface area contributed by atoms with Gasteiger partial charge in [-0.3, -0.25) is 4.79 Å². The highest BCUT2D eigenvalue weighted by Crippen LogP contribution is 2.36. The van der Waals surface area contributed by atoms with E-state index < -0.39 is 0 Å². The number of carbonyl (C=O) groups excluding carboxylic acids is 1. The lowest BCUT2D eigenvalue weighted by Gasteiger charge is -2.17. The molecule has 1 aliphatic heterocycles. The van der Waals surface area contributed by atoms with Crippen molar-refractivity contribution >= 4 is 39.1 Å². The van der Waals surface area contributed by atoms with Gasteiger partial charge in [-0.1, -0.05) is 29.8 Å². The molecule has 2 aromatic heterocycles. The molecule has 31 heavy (non-hydrogen) atoms. The third-order valence-electron chi connectivity index (χ3n) is 5.88. The fourth-order valence-electron chi connectivity index (χ4n) is 4.27. The van der Waals surface area contributed by atoms with Crippen LogP contribution < -0.4 is 4.74 Å². The van der Waals surface area contributed by atoms with Crippen molar-refractivity contribution in [2.45, 2.75) is 19.3 Å². The topological polar surface area (TPSA) is 47.4 Å². The maximum atomic E-state index is 13.3. The lowest BCUT2D eigenvalue weighted by Crippen LogP contribution is -2.27. The van der Waals surface area contributed by atoms with Gasteiger partial charge in [-0.05, 0) is 55.3 Å². The standard InChI is InChI=1S/C24H22ClN3O2S/c1-15-20-13-22(31-24(20)28(26-15)18-9-7-17(25)8-10-18)23(29)27-12-11-16(14-27)19-5-3-4-6-21(19)30-2/h3-10,13,16H,11-12,14H2,1-2H3. The highest BCUT2D eigenvalue weighted by atomic mass is 35.5. The predicted octanol–water partition coefficient (Wildman–Crippen LogP) is 5.69. The summed E-state index contributed by atoms with van der Waals surface area (Å²) in [7, 11) is 1.69. The van der Waals surface area contributed by atoms with E-state index in [0.717, 1.165) is 45.2 Å². The number of halogens is 1. The number of ether oxygens (including phenoxy) is 1. The quantitative estimate of drug-likeness (QED) is 0.400. The van der Waals surface area contributed by atoms with E-state index in [0.29, 0.717) is 17.5 Å². The molecule has 3 heterocycles. The van der Waals surface area contributed by atoms with Crippen LogP contribution in [0.3, 0.4) is 0 Å². The molecule has 0 saturated carbocycles. The Kier molecular flexibility index (Phi) is 5.20. The fourth-order valence-corrected chi connectivity index (χ4v) is 5.54. The van der Waals surface area contributed by atoms with Gasteiger partial charge in [0.15, 0.2) is 0 Å². The zero-order chi connectivity index (χ0) is 21.5. The molecule has 5 nitrogen and oxygen atoms in total. The zero-order valence-corrected chi connectivity index (χ0v) is 18.9. The molecular weight excluding hydrogens is 430 g/mol. The third-order valence-corrected chi connectivity index (χ3v) is 7.23. The van der Waals surface area contributed by atoms with Crippen LogP contribution in [0.15, 0.2) is 54.6 Å². The molecule has 0 aliphatic carbocycles. The summed E-state index contributed by atoms with van der Waals surface area (Å²) in [5, 5.41) is 6.37. The van der Waals surface area contributed by atoms with Crippen LogP contribution in [0.5, 0.6) is 5.75 Å². The largest absolute Gasteiger partial charge is 0.496 e. The molecule has 0 bridgehead atoms. The summed E-state index contributed by atoms with van der Waals surface area (Å²) < 4.78 is 7.42. The van der Waals surface area contributed by atoms with Crippen LogP contribution >= 0.6 is 22.9 Å². The molecule has 1 saturated heterocycles. The van der Waals surface area contributed by atoms with Crippen LogP contribution in [-0.4, -0.2) is 40.8 Å². The van der Waals surface area contributed by atoms with Crippen molar-refractivity contribution in [2.24, 2.45) is 0 Å². The normalized spacial score (nSPS) is 16.2. The number of aryl methyl sites for hydroxylation is 1. The maximum Gasteiger partial charge on any atom is 0.264 e. The fraction of sp³-hybridized carbons (Fsp3) is 0.250. The molecule has 5 rings (SSSR count). The Bertz CT molecular complexity index is 1260. The molecular formula is C24H22ClN3O2S. The first kappa shape index (κ1) is 20.1. The van der Waals surface area contributed by atoms with Gasteiger partial charge in [-0.2, -0.15) is 5.10 Å². The van der Waals surface area contributed by atoms with Crippen molar-refractivity contribution in [1.29, 1.82) is 0 Å². The maximum absolute atomic E-state index is 13.3. The Morgan fingerprint density at radius 2 is 1.97 bits per heavy atom. The molecule has 1 fully saturated rings. The molecule has 2 aromatic carbocycles. The van der Waals surface area contributed by atoms with Crippen molar-refractivity contribution in [3.05, 3.63) is 75.8 Å². The second-order valence-electron chi connectivity index (χ2n) is 7.78. The average Bonchev–Trinajstić information content (AvgIpc) is 3.51. The molecule has 1 amide bonds. The summed E-state index contributed by atoms with van der Waals surface area (Å²) in [6, 6.07) is 17.6. The lowest BCUT2D eigenvalue weighted by molar-refractivity contribution is 0.0795. The number of aromatic nitrogens is 2. The Labute approximate surface area is 189 Å². The number of rotatable bonds is 4. The average molecular weight is 452 g/mol. The summed E-state index contributed by atoms with van der Waals surface area (Å²) in [4.78, 5) is 17.0. The molecule has 0 spiro atoms. The SMILES string of the molecule is COc1ccccc1C1CCN(C(=O)c2cc3c(C)nn(-c4ccc(Cl)cc4)c3s2)C1. The second kappa shape index (κ2) is 8.02. The predicted molar refractivity (Wildman–Crippen MR) is 125 cm³/mol. The monoisotopic (exact) mass is 451 g/mol. The highest BCUT2D eigenvalue weighted by Gasteiger charge is 2.30. The summed E-state index contributed by atoms with van der Waals surface area (Å²) in [6.07, 6.45) is 0.939. The number of hydrogen-bond acceptors (Lipinski definition) is 4. The number of carbonyl (C=O) groups is 1. The van der Waals surface area contributed by atoms with Gasteiger partial charge in [0.05, 0.1) is 23.4 Å². The minimum Gasteiger partial charge on any atom is -0.496 e. The summed E-state index contributed by atoms with van der Waals surface area (Å²) >= 11 is 7.53. The van der Waals surface area contributed by atoms with E-state index in [-0.39, 0.29) is 5.91 Å². The van der Waals surface area contributed by atoms with E-state index in [1.165, 1.54) is 16.9 Å². The van der Waals surface area contributed by atoms with Crippen LogP contribution in [-0.2, 0) is 0 Å². The van der Waals surface area contributed by atoms with Gasteiger partial charge in [-0.25, -0.2) is 4.68 Å². The summed E-state index contributed by atoms with van der Waals surface area (Å²) in [6.45, 7) is 3.43. The first-order chi connectivity index (χ1) is 15.0. The van der Waals surface area contributed by atoms with Crippen LogP contribution in [0.4, 0.5) is 0 Å². The van der Waals surface area contributed by atoms with E-state index >= 15 is 0 Å². The minimum absolute atomic E-state index is 0.0839. The van der Waals surface area contributed by atoms with Gasteiger partial charge in [0, 0.05) is 29.4 Å². The van der Waals surface area contributed by atoms with Crippen LogP contribution in [0.25, 0.3) is 15.9 Å². The van der Waals surface area contributed by atoms with E-state index in [1.807, 2.05) is 65.0 Å². The number of amides is 1. The zero-order valence-electron chi connectivity index (χ0n) is 17.3.